The van der Waals surface area contributed by atoms with E-state index < -0.39 is 0 Å². The van der Waals surface area contributed by atoms with E-state index in [0.717, 1.165) is 12.8 Å². The van der Waals surface area contributed by atoms with Crippen LogP contribution in [0, 0.1) is 6.07 Å². The van der Waals surface area contributed by atoms with E-state index in [0.29, 0.717) is 0 Å². The van der Waals surface area contributed by atoms with E-state index in [4.69, 9.17) is 0 Å². The summed E-state index contributed by atoms with van der Waals surface area (Å²) in [5.41, 5.74) is 2.54. The van der Waals surface area contributed by atoms with Gasteiger partial charge in [0.15, 0.2) is 0 Å². The van der Waals surface area contributed by atoms with Crippen molar-refractivity contribution in [3.05, 3.63) is 60.7 Å². The summed E-state index contributed by atoms with van der Waals surface area (Å²) in [4.78, 5) is 0. The van der Waals surface area contributed by atoms with Gasteiger partial charge in [0.1, 0.15) is 0 Å². The zero-order valence-corrected chi connectivity index (χ0v) is 7.22. The van der Waals surface area contributed by atoms with Crippen LogP contribution in [-0.4, -0.2) is 0 Å². The number of hydrogen-bond acceptors (Lipinski definition) is 0. The van der Waals surface area contributed by atoms with Crippen LogP contribution in [0.2, 0.25) is 0 Å². The third-order valence-corrected chi connectivity index (χ3v) is 1.67. The Kier molecular flexibility index (Phi) is 3.34. The van der Waals surface area contributed by atoms with Gasteiger partial charge < -0.3 is 0 Å². The van der Waals surface area contributed by atoms with Crippen LogP contribution in [-0.2, 0) is 12.8 Å². The molecule has 0 saturated heterocycles. The lowest BCUT2D eigenvalue weighted by atomic mass is 10.1. The maximum absolute atomic E-state index is 3.70. The predicted octanol–water partition coefficient (Wildman–Crippen LogP) is 2.94. The van der Waals surface area contributed by atoms with E-state index >= 15 is 0 Å². The number of hydrogen-bond donors (Lipinski definition) is 0. The second-order valence-electron chi connectivity index (χ2n) is 2.74. The highest BCUT2D eigenvalue weighted by molar-refractivity contribution is 5.25. The lowest BCUT2D eigenvalue weighted by Gasteiger charge is -1.99. The molecular formula is C12H13. The Labute approximate surface area is 74.2 Å². The molecule has 0 spiro atoms. The molecular weight excluding hydrogens is 144 g/mol. The number of rotatable bonds is 4. The van der Waals surface area contributed by atoms with Crippen LogP contribution >= 0.6 is 0 Å². The minimum Gasteiger partial charge on any atom is -0.103 e. The molecule has 1 rings (SSSR count). The lowest BCUT2D eigenvalue weighted by molar-refractivity contribution is 1.20. The van der Waals surface area contributed by atoms with Crippen molar-refractivity contribution >= 4 is 0 Å². The Bertz CT molecular complexity index is 246. The first-order valence-corrected chi connectivity index (χ1v) is 4.07. The smallest absolute Gasteiger partial charge is 0.00998 e. The summed E-state index contributed by atoms with van der Waals surface area (Å²) < 4.78 is 0. The van der Waals surface area contributed by atoms with E-state index in [-0.39, 0.29) is 0 Å². The highest BCUT2D eigenvalue weighted by atomic mass is 14.0. The van der Waals surface area contributed by atoms with Gasteiger partial charge >= 0.3 is 0 Å². The minimum atomic E-state index is 0.918. The first-order chi connectivity index (χ1) is 5.86. The van der Waals surface area contributed by atoms with Crippen LogP contribution in [0.4, 0.5) is 0 Å². The van der Waals surface area contributed by atoms with Gasteiger partial charge in [0.05, 0.1) is 0 Å². The van der Waals surface area contributed by atoms with Crippen molar-refractivity contribution < 1.29 is 0 Å². The van der Waals surface area contributed by atoms with E-state index in [1.165, 1.54) is 11.1 Å². The molecule has 0 atom stereocenters. The highest BCUT2D eigenvalue weighted by Gasteiger charge is 1.91. The first kappa shape index (κ1) is 8.79. The Hall–Kier alpha value is -1.30. The Morgan fingerprint density at radius 2 is 1.58 bits per heavy atom. The molecule has 0 unspecified atom stereocenters. The maximum Gasteiger partial charge on any atom is -0.00998 e. The molecule has 0 saturated carbocycles. The summed E-state index contributed by atoms with van der Waals surface area (Å²) in [5, 5.41) is 0. The molecule has 61 valence electrons. The molecule has 0 N–H and O–H groups in total. The van der Waals surface area contributed by atoms with Gasteiger partial charge in [-0.1, -0.05) is 30.4 Å². The van der Waals surface area contributed by atoms with E-state index in [2.05, 4.69) is 25.3 Å². The second-order valence-corrected chi connectivity index (χ2v) is 2.74. The number of allylic oxidation sites excluding steroid dienone is 2. The quantitative estimate of drug-likeness (QED) is 0.589. The molecule has 1 aromatic rings. The standard InChI is InChI=1S/C12H13/c1-3-6-11-8-5-9-12(10-11)7-4-2/h3-4,8-10H,1-2,6-7H2. The van der Waals surface area contributed by atoms with Gasteiger partial charge in [0, 0.05) is 0 Å². The van der Waals surface area contributed by atoms with E-state index in [1.807, 2.05) is 24.3 Å². The van der Waals surface area contributed by atoms with Crippen LogP contribution in [0.1, 0.15) is 11.1 Å². The van der Waals surface area contributed by atoms with Crippen molar-refractivity contribution in [3.8, 4) is 0 Å². The van der Waals surface area contributed by atoms with Crippen LogP contribution < -0.4 is 0 Å². The monoisotopic (exact) mass is 157 g/mol. The van der Waals surface area contributed by atoms with Gasteiger partial charge in [-0.05, 0) is 30.0 Å². The van der Waals surface area contributed by atoms with Crippen molar-refractivity contribution in [1.29, 1.82) is 0 Å². The fourth-order valence-corrected chi connectivity index (χ4v) is 1.15. The van der Waals surface area contributed by atoms with E-state index in [9.17, 15) is 0 Å². The largest absolute Gasteiger partial charge is 0.103 e. The molecule has 0 nitrogen and oxygen atoms in total. The summed E-state index contributed by atoms with van der Waals surface area (Å²) >= 11 is 0. The van der Waals surface area contributed by atoms with Gasteiger partial charge in [-0.15, -0.1) is 13.2 Å². The molecule has 0 heterocycles. The zero-order chi connectivity index (χ0) is 8.81. The molecule has 0 aliphatic carbocycles. The summed E-state index contributed by atoms with van der Waals surface area (Å²) in [6, 6.07) is 9.26. The summed E-state index contributed by atoms with van der Waals surface area (Å²) in [6.45, 7) is 7.40. The second kappa shape index (κ2) is 4.55. The average molecular weight is 157 g/mol. The highest BCUT2D eigenvalue weighted by Crippen LogP contribution is 2.06. The molecule has 0 aromatic heterocycles. The summed E-state index contributed by atoms with van der Waals surface area (Å²) in [7, 11) is 0. The van der Waals surface area contributed by atoms with Crippen LogP contribution in [0.15, 0.2) is 43.5 Å². The fraction of sp³-hybridized carbons (Fsp3) is 0.167. The van der Waals surface area contributed by atoms with Crippen molar-refractivity contribution in [1.82, 2.24) is 0 Å². The topological polar surface area (TPSA) is 0 Å². The molecule has 0 heteroatoms. The Balaban J connectivity index is 2.79. The molecule has 0 amide bonds. The Morgan fingerprint density at radius 1 is 1.08 bits per heavy atom. The van der Waals surface area contributed by atoms with E-state index in [1.54, 1.807) is 0 Å². The summed E-state index contributed by atoms with van der Waals surface area (Å²) in [5.74, 6) is 0. The van der Waals surface area contributed by atoms with Crippen molar-refractivity contribution in [2.24, 2.45) is 0 Å². The van der Waals surface area contributed by atoms with Crippen molar-refractivity contribution in [3.63, 3.8) is 0 Å². The van der Waals surface area contributed by atoms with Gasteiger partial charge in [-0.2, -0.15) is 0 Å². The van der Waals surface area contributed by atoms with Crippen LogP contribution in [0.5, 0.6) is 0 Å². The molecule has 0 fully saturated rings. The molecule has 1 aromatic carbocycles. The third-order valence-electron chi connectivity index (χ3n) is 1.67. The van der Waals surface area contributed by atoms with Crippen molar-refractivity contribution in [2.75, 3.05) is 0 Å². The van der Waals surface area contributed by atoms with Gasteiger partial charge in [-0.3, -0.25) is 0 Å². The Morgan fingerprint density at radius 3 is 2.00 bits per heavy atom. The van der Waals surface area contributed by atoms with Crippen LogP contribution in [0.3, 0.4) is 0 Å². The van der Waals surface area contributed by atoms with Crippen molar-refractivity contribution in [2.45, 2.75) is 12.8 Å². The first-order valence-electron chi connectivity index (χ1n) is 4.07. The van der Waals surface area contributed by atoms with Gasteiger partial charge in [0.25, 0.3) is 0 Å². The van der Waals surface area contributed by atoms with Gasteiger partial charge in [-0.25, -0.2) is 0 Å². The van der Waals surface area contributed by atoms with Crippen LogP contribution in [0.25, 0.3) is 0 Å². The number of benzene rings is 1. The molecule has 0 bridgehead atoms. The fourth-order valence-electron chi connectivity index (χ4n) is 1.15. The molecule has 0 aliphatic rings. The average Bonchev–Trinajstić information content (AvgIpc) is 2.06. The molecule has 12 heavy (non-hydrogen) atoms. The normalized spacial score (nSPS) is 9.33. The SMILES string of the molecule is C=CCc1c[c]cc(CC=C)c1. The maximum atomic E-state index is 3.70. The third kappa shape index (κ3) is 2.39. The lowest BCUT2D eigenvalue weighted by Crippen LogP contribution is -1.85. The minimum absolute atomic E-state index is 0.918. The van der Waals surface area contributed by atoms with Gasteiger partial charge in [0.2, 0.25) is 0 Å². The molecule has 0 aliphatic heterocycles. The molecule has 1 radical (unpaired) electrons. The summed E-state index contributed by atoms with van der Waals surface area (Å²) in [6.07, 6.45) is 5.64. The zero-order valence-electron chi connectivity index (χ0n) is 7.22. The predicted molar refractivity (Wildman–Crippen MR) is 53.1 cm³/mol.